The highest BCUT2D eigenvalue weighted by molar-refractivity contribution is 5.75. The molecule has 2 aromatic heterocycles. The van der Waals surface area contributed by atoms with Crippen molar-refractivity contribution in [1.82, 2.24) is 19.7 Å². The van der Waals surface area contributed by atoms with Crippen molar-refractivity contribution in [2.75, 3.05) is 0 Å². The van der Waals surface area contributed by atoms with Crippen LogP contribution in [0.3, 0.4) is 0 Å². The van der Waals surface area contributed by atoms with Gasteiger partial charge in [-0.2, -0.15) is 18.3 Å². The molecule has 21 heavy (non-hydrogen) atoms. The number of aromatic amines is 1. The van der Waals surface area contributed by atoms with Gasteiger partial charge in [-0.15, -0.1) is 0 Å². The van der Waals surface area contributed by atoms with Gasteiger partial charge < -0.3 is 4.98 Å². The lowest BCUT2D eigenvalue weighted by atomic mass is 10.1. The summed E-state index contributed by atoms with van der Waals surface area (Å²) in [4.78, 5) is 18.6. The molecule has 1 N–H and O–H groups in total. The molecule has 2 heterocycles. The highest BCUT2D eigenvalue weighted by Gasteiger charge is 2.30. The Morgan fingerprint density at radius 1 is 1.19 bits per heavy atom. The summed E-state index contributed by atoms with van der Waals surface area (Å²) in [6, 6.07) is 4.43. The maximum absolute atomic E-state index is 12.5. The average molecular weight is 294 g/mol. The van der Waals surface area contributed by atoms with Crippen molar-refractivity contribution in [3.63, 3.8) is 0 Å². The fourth-order valence-electron chi connectivity index (χ4n) is 1.99. The smallest absolute Gasteiger partial charge is 0.306 e. The zero-order valence-corrected chi connectivity index (χ0v) is 10.8. The van der Waals surface area contributed by atoms with E-state index in [1.807, 2.05) is 0 Å². The predicted molar refractivity (Wildman–Crippen MR) is 69.6 cm³/mol. The van der Waals surface area contributed by atoms with Crippen LogP contribution in [0.5, 0.6) is 0 Å². The minimum atomic E-state index is -4.40. The van der Waals surface area contributed by atoms with Crippen molar-refractivity contribution in [2.24, 2.45) is 7.05 Å². The molecule has 0 fully saturated rings. The molecule has 108 valence electrons. The van der Waals surface area contributed by atoms with Crippen LogP contribution in [0.25, 0.3) is 22.4 Å². The van der Waals surface area contributed by atoms with E-state index >= 15 is 0 Å². The van der Waals surface area contributed by atoms with Crippen LogP contribution in [0.1, 0.15) is 5.56 Å². The first-order valence-electron chi connectivity index (χ1n) is 5.96. The number of alkyl halides is 3. The van der Waals surface area contributed by atoms with Crippen molar-refractivity contribution in [1.29, 1.82) is 0 Å². The van der Waals surface area contributed by atoms with E-state index in [-0.39, 0.29) is 11.4 Å². The minimum absolute atomic E-state index is 0.199. The Kier molecular flexibility index (Phi) is 2.82. The maximum atomic E-state index is 12.5. The van der Waals surface area contributed by atoms with Gasteiger partial charge >= 0.3 is 6.18 Å². The molecule has 0 spiro atoms. The molecule has 0 aliphatic carbocycles. The van der Waals surface area contributed by atoms with Gasteiger partial charge in [-0.3, -0.25) is 9.48 Å². The number of benzene rings is 1. The Bertz CT molecular complexity index is 862. The SMILES string of the molecule is Cn1ncc2c(=O)[nH]c(-c3ccc(C(F)(F)F)cc3)nc21. The Labute approximate surface area is 116 Å². The van der Waals surface area contributed by atoms with E-state index < -0.39 is 11.7 Å². The lowest BCUT2D eigenvalue weighted by molar-refractivity contribution is -0.137. The zero-order chi connectivity index (χ0) is 15.2. The van der Waals surface area contributed by atoms with Crippen LogP contribution < -0.4 is 5.56 Å². The summed E-state index contributed by atoms with van der Waals surface area (Å²) in [5, 5.41) is 4.25. The molecular weight excluding hydrogens is 285 g/mol. The second-order valence-electron chi connectivity index (χ2n) is 4.50. The van der Waals surface area contributed by atoms with Gasteiger partial charge in [0.15, 0.2) is 5.65 Å². The minimum Gasteiger partial charge on any atom is -0.306 e. The number of hydrogen-bond donors (Lipinski definition) is 1. The third-order valence-corrected chi connectivity index (χ3v) is 3.09. The van der Waals surface area contributed by atoms with E-state index in [1.165, 1.54) is 23.0 Å². The molecule has 5 nitrogen and oxygen atoms in total. The second-order valence-corrected chi connectivity index (χ2v) is 4.50. The number of hydrogen-bond acceptors (Lipinski definition) is 3. The van der Waals surface area contributed by atoms with Crippen LogP contribution in [0.15, 0.2) is 35.3 Å². The van der Waals surface area contributed by atoms with Crippen LogP contribution in [-0.2, 0) is 13.2 Å². The first kappa shape index (κ1) is 13.3. The van der Waals surface area contributed by atoms with E-state index in [4.69, 9.17) is 0 Å². The number of rotatable bonds is 1. The van der Waals surface area contributed by atoms with E-state index in [9.17, 15) is 18.0 Å². The number of H-pyrrole nitrogens is 1. The van der Waals surface area contributed by atoms with Crippen molar-refractivity contribution in [2.45, 2.75) is 6.18 Å². The molecule has 0 atom stereocenters. The Morgan fingerprint density at radius 2 is 1.86 bits per heavy atom. The van der Waals surface area contributed by atoms with Crippen molar-refractivity contribution >= 4 is 11.0 Å². The standard InChI is InChI=1S/C13H9F3N4O/c1-20-11-9(6-17-20)12(21)19-10(18-11)7-2-4-8(5-3-7)13(14,15)16/h2-6H,1H3,(H,18,19,21). The summed E-state index contributed by atoms with van der Waals surface area (Å²) in [5.74, 6) is 0.199. The first-order valence-corrected chi connectivity index (χ1v) is 5.96. The van der Waals surface area contributed by atoms with Crippen LogP contribution in [-0.4, -0.2) is 19.7 Å². The Balaban J connectivity index is 2.12. The molecular formula is C13H9F3N4O. The van der Waals surface area contributed by atoms with E-state index in [0.717, 1.165) is 12.1 Å². The largest absolute Gasteiger partial charge is 0.416 e. The van der Waals surface area contributed by atoms with Gasteiger partial charge in [0.05, 0.1) is 11.8 Å². The monoisotopic (exact) mass is 294 g/mol. The van der Waals surface area contributed by atoms with Gasteiger partial charge in [-0.05, 0) is 12.1 Å². The fourth-order valence-corrected chi connectivity index (χ4v) is 1.99. The fraction of sp³-hybridized carbons (Fsp3) is 0.154. The zero-order valence-electron chi connectivity index (χ0n) is 10.8. The summed E-state index contributed by atoms with van der Waals surface area (Å²) in [7, 11) is 1.63. The molecule has 0 saturated heterocycles. The van der Waals surface area contributed by atoms with Gasteiger partial charge in [-0.1, -0.05) is 12.1 Å². The average Bonchev–Trinajstić information content (AvgIpc) is 2.80. The molecule has 0 radical (unpaired) electrons. The summed E-state index contributed by atoms with van der Waals surface area (Å²) in [5.41, 5.74) is -0.380. The summed E-state index contributed by atoms with van der Waals surface area (Å²) >= 11 is 0. The van der Waals surface area contributed by atoms with Crippen LogP contribution >= 0.6 is 0 Å². The number of fused-ring (bicyclic) bond motifs is 1. The number of nitrogens with zero attached hydrogens (tertiary/aromatic N) is 3. The number of aryl methyl sites for hydroxylation is 1. The summed E-state index contributed by atoms with van der Waals surface area (Å²) in [6.45, 7) is 0. The molecule has 0 aliphatic rings. The second kappa shape index (κ2) is 4.44. The Morgan fingerprint density at radius 3 is 2.48 bits per heavy atom. The van der Waals surface area contributed by atoms with Gasteiger partial charge in [-0.25, -0.2) is 4.98 Å². The number of aromatic nitrogens is 4. The quantitative estimate of drug-likeness (QED) is 0.749. The lowest BCUT2D eigenvalue weighted by Gasteiger charge is -2.07. The number of halogens is 3. The van der Waals surface area contributed by atoms with Crippen molar-refractivity contribution in [3.05, 3.63) is 46.4 Å². The normalized spacial score (nSPS) is 12.0. The van der Waals surface area contributed by atoms with Crippen molar-refractivity contribution in [3.8, 4) is 11.4 Å². The van der Waals surface area contributed by atoms with Gasteiger partial charge in [0.1, 0.15) is 11.2 Å². The molecule has 0 amide bonds. The van der Waals surface area contributed by atoms with E-state index in [2.05, 4.69) is 15.1 Å². The summed E-state index contributed by atoms with van der Waals surface area (Å²) < 4.78 is 39.0. The van der Waals surface area contributed by atoms with Crippen LogP contribution in [0, 0.1) is 0 Å². The molecule has 0 unspecified atom stereocenters. The number of nitrogens with one attached hydrogen (secondary N) is 1. The lowest BCUT2D eigenvalue weighted by Crippen LogP contribution is -2.10. The molecule has 1 aromatic carbocycles. The van der Waals surface area contributed by atoms with E-state index in [0.29, 0.717) is 16.6 Å². The molecule has 3 aromatic rings. The molecule has 3 rings (SSSR count). The molecule has 0 bridgehead atoms. The van der Waals surface area contributed by atoms with Crippen LogP contribution in [0.4, 0.5) is 13.2 Å². The Hall–Kier alpha value is -2.64. The molecule has 8 heteroatoms. The van der Waals surface area contributed by atoms with Gasteiger partial charge in [0.25, 0.3) is 5.56 Å². The third-order valence-electron chi connectivity index (χ3n) is 3.09. The van der Waals surface area contributed by atoms with Gasteiger partial charge in [0.2, 0.25) is 0 Å². The first-order chi connectivity index (χ1) is 9.86. The predicted octanol–water partition coefficient (Wildman–Crippen LogP) is 2.34. The summed E-state index contributed by atoms with van der Waals surface area (Å²) in [6.07, 6.45) is -3.01. The highest BCUT2D eigenvalue weighted by Crippen LogP contribution is 2.30. The molecule has 0 aliphatic heterocycles. The molecule has 0 saturated carbocycles. The third kappa shape index (κ3) is 2.28. The topological polar surface area (TPSA) is 63.6 Å². The van der Waals surface area contributed by atoms with E-state index in [1.54, 1.807) is 7.05 Å². The van der Waals surface area contributed by atoms with Crippen LogP contribution in [0.2, 0.25) is 0 Å². The highest BCUT2D eigenvalue weighted by atomic mass is 19.4. The maximum Gasteiger partial charge on any atom is 0.416 e. The van der Waals surface area contributed by atoms with Crippen molar-refractivity contribution < 1.29 is 13.2 Å². The van der Waals surface area contributed by atoms with Gasteiger partial charge in [0, 0.05) is 12.6 Å².